The molecular formula is C25H21N5O5. The second-order valence-electron chi connectivity index (χ2n) is 7.22. The van der Waals surface area contributed by atoms with Crippen LogP contribution in [0.4, 0.5) is 17.1 Å². The first-order chi connectivity index (χ1) is 17.1. The predicted molar refractivity (Wildman–Crippen MR) is 126 cm³/mol. The Kier molecular flexibility index (Phi) is 7.54. The van der Waals surface area contributed by atoms with Crippen LogP contribution in [0.1, 0.15) is 22.1 Å². The zero-order valence-electron chi connectivity index (χ0n) is 18.7. The van der Waals surface area contributed by atoms with Crippen molar-refractivity contribution in [1.82, 2.24) is 10.1 Å². The van der Waals surface area contributed by atoms with Gasteiger partial charge in [-0.1, -0.05) is 35.5 Å². The number of aryl methyl sites for hydroxylation is 1. The van der Waals surface area contributed by atoms with Gasteiger partial charge in [0.25, 0.3) is 5.91 Å². The molecule has 0 aliphatic rings. The third-order valence-electron chi connectivity index (χ3n) is 4.56. The molecule has 1 N–H and O–H groups in total. The Bertz CT molecular complexity index is 1320. The van der Waals surface area contributed by atoms with Crippen molar-refractivity contribution in [2.45, 2.75) is 13.5 Å². The lowest BCUT2D eigenvalue weighted by Crippen LogP contribution is -2.21. The standard InChI is InChI=1S/C25H21N5O5/c1-17-26-23(30-35-17)15-33-22-10-6-5-9-21(22)25(32)34-16-24(31)27-18-11-13-20(14-12-18)29-28-19-7-3-2-4-8-19/h2-14H,15-16H2,1H3,(H,27,31). The van der Waals surface area contributed by atoms with Crippen molar-refractivity contribution in [1.29, 1.82) is 0 Å². The normalized spacial score (nSPS) is 10.8. The van der Waals surface area contributed by atoms with E-state index in [1.54, 1.807) is 55.5 Å². The number of aromatic nitrogens is 2. The molecule has 176 valence electrons. The number of carbonyl (C=O) groups excluding carboxylic acids is 2. The summed E-state index contributed by atoms with van der Waals surface area (Å²) in [5.74, 6) is -0.152. The molecule has 0 fully saturated rings. The molecule has 1 amide bonds. The van der Waals surface area contributed by atoms with Gasteiger partial charge in [-0.15, -0.1) is 0 Å². The van der Waals surface area contributed by atoms with Crippen molar-refractivity contribution < 1.29 is 23.6 Å². The number of carbonyl (C=O) groups is 2. The Morgan fingerprint density at radius 3 is 2.31 bits per heavy atom. The summed E-state index contributed by atoms with van der Waals surface area (Å²) in [7, 11) is 0. The average molecular weight is 471 g/mol. The van der Waals surface area contributed by atoms with E-state index in [9.17, 15) is 9.59 Å². The molecule has 1 heterocycles. The topological polar surface area (TPSA) is 128 Å². The fourth-order valence-corrected chi connectivity index (χ4v) is 2.93. The molecule has 35 heavy (non-hydrogen) atoms. The maximum atomic E-state index is 12.5. The van der Waals surface area contributed by atoms with Gasteiger partial charge in [-0.25, -0.2) is 4.79 Å². The van der Waals surface area contributed by atoms with Gasteiger partial charge in [0.05, 0.1) is 11.4 Å². The van der Waals surface area contributed by atoms with Gasteiger partial charge in [-0.05, 0) is 48.5 Å². The molecule has 0 radical (unpaired) electrons. The second kappa shape index (κ2) is 11.3. The Morgan fingerprint density at radius 2 is 1.60 bits per heavy atom. The maximum absolute atomic E-state index is 12.5. The van der Waals surface area contributed by atoms with Crippen LogP contribution in [-0.4, -0.2) is 28.6 Å². The minimum atomic E-state index is -0.697. The number of nitrogens with one attached hydrogen (secondary N) is 1. The number of para-hydroxylation sites is 1. The number of anilines is 1. The van der Waals surface area contributed by atoms with E-state index >= 15 is 0 Å². The smallest absolute Gasteiger partial charge is 0.342 e. The van der Waals surface area contributed by atoms with Crippen molar-refractivity contribution in [3.63, 3.8) is 0 Å². The van der Waals surface area contributed by atoms with Crippen LogP contribution in [0.5, 0.6) is 5.75 Å². The maximum Gasteiger partial charge on any atom is 0.342 e. The van der Waals surface area contributed by atoms with Crippen molar-refractivity contribution in [2.75, 3.05) is 11.9 Å². The molecule has 0 unspecified atom stereocenters. The van der Waals surface area contributed by atoms with Gasteiger partial charge in [0.1, 0.15) is 11.3 Å². The molecule has 0 saturated carbocycles. The Hall–Kier alpha value is -4.86. The largest absolute Gasteiger partial charge is 0.485 e. The molecule has 0 atom stereocenters. The van der Waals surface area contributed by atoms with E-state index < -0.39 is 18.5 Å². The lowest BCUT2D eigenvalue weighted by molar-refractivity contribution is -0.119. The number of nitrogens with zero attached hydrogens (tertiary/aromatic N) is 4. The van der Waals surface area contributed by atoms with E-state index in [0.717, 1.165) is 5.69 Å². The van der Waals surface area contributed by atoms with Crippen LogP contribution in [0.15, 0.2) is 93.6 Å². The van der Waals surface area contributed by atoms with Crippen molar-refractivity contribution in [3.8, 4) is 5.75 Å². The molecule has 0 aliphatic carbocycles. The third-order valence-corrected chi connectivity index (χ3v) is 4.56. The predicted octanol–water partition coefficient (Wildman–Crippen LogP) is 5.17. The van der Waals surface area contributed by atoms with Crippen LogP contribution in [0, 0.1) is 6.92 Å². The molecule has 3 aromatic carbocycles. The van der Waals surface area contributed by atoms with Crippen molar-refractivity contribution in [3.05, 3.63) is 96.1 Å². The Labute approximate surface area is 200 Å². The summed E-state index contributed by atoms with van der Waals surface area (Å²) in [6.45, 7) is 1.22. The van der Waals surface area contributed by atoms with E-state index in [4.69, 9.17) is 14.0 Å². The number of hydrogen-bond donors (Lipinski definition) is 1. The molecule has 10 nitrogen and oxygen atoms in total. The third kappa shape index (κ3) is 6.81. The fraction of sp³-hybridized carbons (Fsp3) is 0.120. The summed E-state index contributed by atoms with van der Waals surface area (Å²) in [6, 6.07) is 22.7. The molecule has 4 rings (SSSR count). The molecule has 0 aliphatic heterocycles. The molecule has 10 heteroatoms. The van der Waals surface area contributed by atoms with E-state index in [2.05, 4.69) is 25.7 Å². The zero-order chi connectivity index (χ0) is 24.5. The summed E-state index contributed by atoms with van der Waals surface area (Å²) in [5.41, 5.74) is 2.08. The number of benzene rings is 3. The highest BCUT2D eigenvalue weighted by molar-refractivity contribution is 5.96. The van der Waals surface area contributed by atoms with Crippen molar-refractivity contribution in [2.24, 2.45) is 10.2 Å². The van der Waals surface area contributed by atoms with E-state index in [1.165, 1.54) is 0 Å². The Balaban J connectivity index is 1.28. The minimum Gasteiger partial charge on any atom is -0.485 e. The quantitative estimate of drug-likeness (QED) is 0.263. The number of ether oxygens (including phenoxy) is 2. The highest BCUT2D eigenvalue weighted by atomic mass is 16.5. The van der Waals surface area contributed by atoms with Gasteiger partial charge in [0, 0.05) is 12.6 Å². The van der Waals surface area contributed by atoms with Crippen LogP contribution in [-0.2, 0) is 16.1 Å². The van der Waals surface area contributed by atoms with Crippen LogP contribution < -0.4 is 10.1 Å². The highest BCUT2D eigenvalue weighted by Crippen LogP contribution is 2.21. The number of hydrogen-bond acceptors (Lipinski definition) is 9. The summed E-state index contributed by atoms with van der Waals surface area (Å²) in [4.78, 5) is 28.8. The van der Waals surface area contributed by atoms with Crippen LogP contribution in [0.3, 0.4) is 0 Å². The first kappa shape index (κ1) is 23.3. The van der Waals surface area contributed by atoms with Gasteiger partial charge < -0.3 is 19.3 Å². The van der Waals surface area contributed by atoms with E-state index in [-0.39, 0.29) is 17.9 Å². The van der Waals surface area contributed by atoms with E-state index in [1.807, 2.05) is 30.3 Å². The number of esters is 1. The molecule has 1 aromatic heterocycles. The second-order valence-corrected chi connectivity index (χ2v) is 7.22. The van der Waals surface area contributed by atoms with Gasteiger partial charge >= 0.3 is 5.97 Å². The summed E-state index contributed by atoms with van der Waals surface area (Å²) < 4.78 is 15.7. The monoisotopic (exact) mass is 471 g/mol. The van der Waals surface area contributed by atoms with Crippen LogP contribution >= 0.6 is 0 Å². The van der Waals surface area contributed by atoms with Crippen molar-refractivity contribution >= 4 is 28.9 Å². The molecule has 4 aromatic rings. The molecular weight excluding hydrogens is 450 g/mol. The number of rotatable bonds is 9. The molecule has 0 spiro atoms. The van der Waals surface area contributed by atoms with Gasteiger partial charge in [0.2, 0.25) is 11.7 Å². The van der Waals surface area contributed by atoms with Crippen LogP contribution in [0.2, 0.25) is 0 Å². The summed E-state index contributed by atoms with van der Waals surface area (Å²) in [5, 5.41) is 14.7. The molecule has 0 bridgehead atoms. The van der Waals surface area contributed by atoms with E-state index in [0.29, 0.717) is 23.1 Å². The number of azo groups is 1. The van der Waals surface area contributed by atoms with Gasteiger partial charge in [-0.3, -0.25) is 4.79 Å². The highest BCUT2D eigenvalue weighted by Gasteiger charge is 2.16. The zero-order valence-corrected chi connectivity index (χ0v) is 18.7. The first-order valence-electron chi connectivity index (χ1n) is 10.6. The fourth-order valence-electron chi connectivity index (χ4n) is 2.93. The molecule has 0 saturated heterocycles. The summed E-state index contributed by atoms with van der Waals surface area (Å²) >= 11 is 0. The Morgan fingerprint density at radius 1 is 0.914 bits per heavy atom. The lowest BCUT2D eigenvalue weighted by atomic mass is 10.2. The number of amides is 1. The summed E-state index contributed by atoms with van der Waals surface area (Å²) in [6.07, 6.45) is 0. The van der Waals surface area contributed by atoms with Crippen LogP contribution in [0.25, 0.3) is 0 Å². The lowest BCUT2D eigenvalue weighted by Gasteiger charge is -2.10. The first-order valence-corrected chi connectivity index (χ1v) is 10.6. The minimum absolute atomic E-state index is 0.0169. The SMILES string of the molecule is Cc1nc(COc2ccccc2C(=O)OCC(=O)Nc2ccc(N=Nc3ccccc3)cc2)no1. The van der Waals surface area contributed by atoms with Gasteiger partial charge in [-0.2, -0.15) is 15.2 Å². The van der Waals surface area contributed by atoms with Gasteiger partial charge in [0.15, 0.2) is 13.2 Å². The average Bonchev–Trinajstić information content (AvgIpc) is 3.31.